The Bertz CT molecular complexity index is 109. The zero-order chi connectivity index (χ0) is 8.81. The van der Waals surface area contributed by atoms with Crippen LogP contribution in [0.25, 0.3) is 0 Å². The van der Waals surface area contributed by atoms with E-state index in [1.54, 1.807) is 0 Å². The van der Waals surface area contributed by atoms with Gasteiger partial charge in [0.2, 0.25) is 0 Å². The van der Waals surface area contributed by atoms with Crippen molar-refractivity contribution >= 4 is 0 Å². The molecule has 1 saturated heterocycles. The first kappa shape index (κ1) is 9.96. The maximum atomic E-state index is 5.10. The van der Waals surface area contributed by atoms with E-state index >= 15 is 0 Å². The molecule has 1 rings (SSSR count). The van der Waals surface area contributed by atoms with E-state index in [4.69, 9.17) is 9.78 Å². The lowest BCUT2D eigenvalue weighted by Gasteiger charge is -2.26. The molecule has 0 aliphatic carbocycles. The van der Waals surface area contributed by atoms with Crippen molar-refractivity contribution in [2.75, 3.05) is 6.61 Å². The molecule has 1 aliphatic rings. The molecule has 1 fully saturated rings. The van der Waals surface area contributed by atoms with E-state index in [1.165, 1.54) is 0 Å². The summed E-state index contributed by atoms with van der Waals surface area (Å²) in [6.45, 7) is 5.11. The highest BCUT2D eigenvalue weighted by molar-refractivity contribution is 4.66. The molecule has 0 spiro atoms. The molecule has 3 nitrogen and oxygen atoms in total. The van der Waals surface area contributed by atoms with Crippen molar-refractivity contribution < 1.29 is 9.78 Å². The van der Waals surface area contributed by atoms with Gasteiger partial charge in [0, 0.05) is 6.04 Å². The summed E-state index contributed by atoms with van der Waals surface area (Å²) < 4.78 is 0. The maximum Gasteiger partial charge on any atom is 0.144 e. The van der Waals surface area contributed by atoms with Gasteiger partial charge in [0.15, 0.2) is 0 Å². The van der Waals surface area contributed by atoms with Gasteiger partial charge in [0.25, 0.3) is 0 Å². The second kappa shape index (κ2) is 5.51. The average molecular weight is 173 g/mol. The van der Waals surface area contributed by atoms with Crippen LogP contribution < -0.4 is 5.32 Å². The standard InChI is InChI=1S/C9H19NO2/c1-3-8(4-2)10-9-6-5-7-11-12-9/h8-10H,3-7H2,1-2H3. The summed E-state index contributed by atoms with van der Waals surface area (Å²) in [5.41, 5.74) is 0. The lowest BCUT2D eigenvalue weighted by molar-refractivity contribution is -0.351. The Labute approximate surface area is 74.4 Å². The second-order valence-electron chi connectivity index (χ2n) is 3.23. The molecule has 0 amide bonds. The summed E-state index contributed by atoms with van der Waals surface area (Å²) in [5, 5.41) is 3.41. The Balaban J connectivity index is 2.18. The molecule has 72 valence electrons. The third-order valence-electron chi connectivity index (χ3n) is 2.29. The minimum Gasteiger partial charge on any atom is -0.287 e. The van der Waals surface area contributed by atoms with E-state index in [0.29, 0.717) is 6.04 Å². The van der Waals surface area contributed by atoms with Crippen LogP contribution in [0.3, 0.4) is 0 Å². The van der Waals surface area contributed by atoms with Gasteiger partial charge in [0.05, 0.1) is 6.61 Å². The van der Waals surface area contributed by atoms with E-state index in [-0.39, 0.29) is 6.23 Å². The highest BCUT2D eigenvalue weighted by atomic mass is 17.2. The van der Waals surface area contributed by atoms with Crippen molar-refractivity contribution in [1.82, 2.24) is 5.32 Å². The summed E-state index contributed by atoms with van der Waals surface area (Å²) >= 11 is 0. The number of hydrogen-bond acceptors (Lipinski definition) is 3. The molecule has 0 bridgehead atoms. The van der Waals surface area contributed by atoms with E-state index in [2.05, 4.69) is 19.2 Å². The number of nitrogens with one attached hydrogen (secondary N) is 1. The van der Waals surface area contributed by atoms with Gasteiger partial charge in [-0.3, -0.25) is 5.32 Å². The number of hydrogen-bond donors (Lipinski definition) is 1. The van der Waals surface area contributed by atoms with Crippen LogP contribution in [0.15, 0.2) is 0 Å². The van der Waals surface area contributed by atoms with Crippen LogP contribution in [0.1, 0.15) is 39.5 Å². The molecule has 1 aliphatic heterocycles. The minimum atomic E-state index is 0.114. The van der Waals surface area contributed by atoms with Crippen LogP contribution in [0.5, 0.6) is 0 Å². The van der Waals surface area contributed by atoms with E-state index < -0.39 is 0 Å². The van der Waals surface area contributed by atoms with Crippen molar-refractivity contribution in [3.8, 4) is 0 Å². The summed E-state index contributed by atoms with van der Waals surface area (Å²) in [4.78, 5) is 10.0. The molecule has 0 aromatic rings. The van der Waals surface area contributed by atoms with Crippen molar-refractivity contribution in [2.45, 2.75) is 51.8 Å². The first-order valence-corrected chi connectivity index (χ1v) is 4.91. The molecular formula is C9H19NO2. The smallest absolute Gasteiger partial charge is 0.144 e. The quantitative estimate of drug-likeness (QED) is 0.658. The molecule has 12 heavy (non-hydrogen) atoms. The zero-order valence-corrected chi connectivity index (χ0v) is 8.01. The summed E-state index contributed by atoms with van der Waals surface area (Å²) in [6, 6.07) is 0.566. The third-order valence-corrected chi connectivity index (χ3v) is 2.29. The first-order valence-electron chi connectivity index (χ1n) is 4.91. The monoisotopic (exact) mass is 173 g/mol. The van der Waals surface area contributed by atoms with Crippen molar-refractivity contribution in [3.63, 3.8) is 0 Å². The molecule has 0 saturated carbocycles. The van der Waals surface area contributed by atoms with Crippen molar-refractivity contribution in [1.29, 1.82) is 0 Å². The summed E-state index contributed by atoms with van der Waals surface area (Å²) in [5.74, 6) is 0. The van der Waals surface area contributed by atoms with Crippen molar-refractivity contribution in [2.24, 2.45) is 0 Å². The fraction of sp³-hybridized carbons (Fsp3) is 1.00. The summed E-state index contributed by atoms with van der Waals surface area (Å²) in [7, 11) is 0. The van der Waals surface area contributed by atoms with E-state index in [9.17, 15) is 0 Å². The van der Waals surface area contributed by atoms with Gasteiger partial charge < -0.3 is 0 Å². The molecule has 1 unspecified atom stereocenters. The Hall–Kier alpha value is -0.120. The zero-order valence-electron chi connectivity index (χ0n) is 8.01. The molecule has 0 aromatic heterocycles. The molecule has 1 heterocycles. The topological polar surface area (TPSA) is 30.5 Å². The highest BCUT2D eigenvalue weighted by Gasteiger charge is 2.17. The average Bonchev–Trinajstić information content (AvgIpc) is 2.16. The van der Waals surface area contributed by atoms with Gasteiger partial charge in [-0.15, -0.1) is 0 Å². The van der Waals surface area contributed by atoms with Gasteiger partial charge in [-0.1, -0.05) is 13.8 Å². The first-order chi connectivity index (χ1) is 5.86. The number of rotatable bonds is 4. The van der Waals surface area contributed by atoms with Crippen LogP contribution in [0.2, 0.25) is 0 Å². The lowest BCUT2D eigenvalue weighted by atomic mass is 10.1. The van der Waals surface area contributed by atoms with Crippen LogP contribution in [0, 0.1) is 0 Å². The van der Waals surface area contributed by atoms with Gasteiger partial charge in [-0.25, -0.2) is 9.78 Å². The molecule has 0 radical (unpaired) electrons. The van der Waals surface area contributed by atoms with Gasteiger partial charge >= 0.3 is 0 Å². The largest absolute Gasteiger partial charge is 0.287 e. The summed E-state index contributed by atoms with van der Waals surface area (Å²) in [6.07, 6.45) is 4.57. The SMILES string of the molecule is CCC(CC)NC1CCCOO1. The fourth-order valence-corrected chi connectivity index (χ4v) is 1.40. The lowest BCUT2D eigenvalue weighted by Crippen LogP contribution is -2.41. The Morgan fingerprint density at radius 3 is 2.67 bits per heavy atom. The van der Waals surface area contributed by atoms with Crippen LogP contribution in [-0.4, -0.2) is 18.9 Å². The Morgan fingerprint density at radius 2 is 2.17 bits per heavy atom. The normalized spacial score (nSPS) is 24.8. The molecule has 1 N–H and O–H groups in total. The molecular weight excluding hydrogens is 154 g/mol. The van der Waals surface area contributed by atoms with Crippen molar-refractivity contribution in [3.05, 3.63) is 0 Å². The third kappa shape index (κ3) is 3.09. The predicted molar refractivity (Wildman–Crippen MR) is 47.6 cm³/mol. The predicted octanol–water partition coefficient (Wildman–Crippen LogP) is 1.83. The molecule has 0 aromatic carbocycles. The minimum absolute atomic E-state index is 0.114. The Morgan fingerprint density at radius 1 is 1.42 bits per heavy atom. The van der Waals surface area contributed by atoms with Crippen LogP contribution in [-0.2, 0) is 9.78 Å². The van der Waals surface area contributed by atoms with E-state index in [1.807, 2.05) is 0 Å². The van der Waals surface area contributed by atoms with Gasteiger partial charge in [-0.2, -0.15) is 0 Å². The van der Waals surface area contributed by atoms with Gasteiger partial charge in [-0.05, 0) is 25.7 Å². The highest BCUT2D eigenvalue weighted by Crippen LogP contribution is 2.09. The Kier molecular flexibility index (Phi) is 4.58. The van der Waals surface area contributed by atoms with Crippen LogP contribution in [0.4, 0.5) is 0 Å². The van der Waals surface area contributed by atoms with E-state index in [0.717, 1.165) is 32.3 Å². The molecule has 3 heteroatoms. The fourth-order valence-electron chi connectivity index (χ4n) is 1.40. The van der Waals surface area contributed by atoms with Crippen LogP contribution >= 0.6 is 0 Å². The molecule has 1 atom stereocenters. The second-order valence-corrected chi connectivity index (χ2v) is 3.23. The van der Waals surface area contributed by atoms with Gasteiger partial charge in [0.1, 0.15) is 6.23 Å². The maximum absolute atomic E-state index is 5.10.